The second-order valence-corrected chi connectivity index (χ2v) is 9.40. The molecule has 0 unspecified atom stereocenters. The summed E-state index contributed by atoms with van der Waals surface area (Å²) in [5, 5.41) is 4.78. The fraction of sp³-hybridized carbons (Fsp3) is 0.440. The number of carbonyl (C=O) groups is 2. The first-order valence-corrected chi connectivity index (χ1v) is 12.1. The molecule has 32 heavy (non-hydrogen) atoms. The van der Waals surface area contributed by atoms with Gasteiger partial charge in [-0.05, 0) is 69.5 Å². The summed E-state index contributed by atoms with van der Waals surface area (Å²) >= 11 is 1.49. The van der Waals surface area contributed by atoms with E-state index >= 15 is 0 Å². The van der Waals surface area contributed by atoms with Gasteiger partial charge in [-0.25, -0.2) is 4.79 Å². The number of hydrogen-bond donors (Lipinski definition) is 1. The van der Waals surface area contributed by atoms with Crippen molar-refractivity contribution in [2.75, 3.05) is 25.5 Å². The van der Waals surface area contributed by atoms with Crippen LogP contribution in [0.25, 0.3) is 10.9 Å². The van der Waals surface area contributed by atoms with Gasteiger partial charge in [0.05, 0.1) is 12.2 Å². The average Bonchev–Trinajstić information content (AvgIpc) is 3.27. The van der Waals surface area contributed by atoms with E-state index < -0.39 is 0 Å². The topological polar surface area (TPSA) is 63.6 Å². The van der Waals surface area contributed by atoms with Crippen molar-refractivity contribution < 1.29 is 14.3 Å². The van der Waals surface area contributed by atoms with E-state index in [1.54, 1.807) is 6.92 Å². The van der Waals surface area contributed by atoms with E-state index in [9.17, 15) is 9.59 Å². The second kappa shape index (κ2) is 9.08. The van der Waals surface area contributed by atoms with Crippen molar-refractivity contribution in [2.45, 2.75) is 53.6 Å². The van der Waals surface area contributed by atoms with Gasteiger partial charge in [-0.2, -0.15) is 0 Å². The standard InChI is InChI=1S/C25H31N3O3S/c1-6-16-9-10-19-18(13-16)15(4)22(28(19)7-2)23(29)26-24-21(25(30)31-8-3)17-11-12-27(5)14-20(17)32-24/h9-10,13H,6-8,11-12,14H2,1-5H3,(H,26,29). The number of benzene rings is 1. The van der Waals surface area contributed by atoms with E-state index in [2.05, 4.69) is 47.0 Å². The zero-order chi connectivity index (χ0) is 23.0. The lowest BCUT2D eigenvalue weighted by Crippen LogP contribution is -2.26. The van der Waals surface area contributed by atoms with Gasteiger partial charge in [0.1, 0.15) is 10.7 Å². The molecule has 0 radical (unpaired) electrons. The molecular weight excluding hydrogens is 422 g/mol. The zero-order valence-corrected chi connectivity index (χ0v) is 20.3. The average molecular weight is 454 g/mol. The van der Waals surface area contributed by atoms with Crippen LogP contribution in [-0.2, 0) is 30.7 Å². The first-order valence-electron chi connectivity index (χ1n) is 11.3. The van der Waals surface area contributed by atoms with Crippen LogP contribution in [-0.4, -0.2) is 41.5 Å². The number of nitrogens with one attached hydrogen (secondary N) is 1. The molecule has 2 aromatic heterocycles. The Hall–Kier alpha value is -2.64. The van der Waals surface area contributed by atoms with E-state index in [-0.39, 0.29) is 11.9 Å². The summed E-state index contributed by atoms with van der Waals surface area (Å²) in [4.78, 5) is 29.7. The number of aromatic nitrogens is 1. The van der Waals surface area contributed by atoms with Gasteiger partial charge in [0.2, 0.25) is 0 Å². The highest BCUT2D eigenvalue weighted by Crippen LogP contribution is 2.38. The van der Waals surface area contributed by atoms with Crippen LogP contribution < -0.4 is 5.32 Å². The number of ether oxygens (including phenoxy) is 1. The number of hydrogen-bond acceptors (Lipinski definition) is 5. The van der Waals surface area contributed by atoms with E-state index in [4.69, 9.17) is 4.74 Å². The smallest absolute Gasteiger partial charge is 0.341 e. The van der Waals surface area contributed by atoms with Crippen LogP contribution in [0.5, 0.6) is 0 Å². The molecule has 3 aromatic rings. The maximum atomic E-state index is 13.6. The Morgan fingerprint density at radius 3 is 2.69 bits per heavy atom. The Balaban J connectivity index is 1.77. The van der Waals surface area contributed by atoms with Gasteiger partial charge in [-0.15, -0.1) is 11.3 Å². The molecular formula is C25H31N3O3S. The van der Waals surface area contributed by atoms with Gasteiger partial charge >= 0.3 is 5.97 Å². The van der Waals surface area contributed by atoms with E-state index in [1.165, 1.54) is 16.9 Å². The van der Waals surface area contributed by atoms with Gasteiger partial charge in [-0.3, -0.25) is 4.79 Å². The fourth-order valence-corrected chi connectivity index (χ4v) is 5.92. The van der Waals surface area contributed by atoms with E-state index in [0.717, 1.165) is 52.8 Å². The molecule has 0 fully saturated rings. The SMILES string of the molecule is CCOC(=O)c1c(NC(=O)c2c(C)c3cc(CC)ccc3n2CC)sc2c1CCN(C)C2. The summed E-state index contributed by atoms with van der Waals surface area (Å²) in [6.45, 7) is 10.6. The minimum Gasteiger partial charge on any atom is -0.462 e. The molecule has 3 heterocycles. The summed E-state index contributed by atoms with van der Waals surface area (Å²) in [5.41, 5.74) is 5.47. The monoisotopic (exact) mass is 453 g/mol. The lowest BCUT2D eigenvalue weighted by Gasteiger charge is -2.22. The summed E-state index contributed by atoms with van der Waals surface area (Å²) in [6, 6.07) is 6.40. The number of aryl methyl sites for hydroxylation is 3. The molecule has 6 nitrogen and oxygen atoms in total. The highest BCUT2D eigenvalue weighted by Gasteiger charge is 2.30. The van der Waals surface area contributed by atoms with Gasteiger partial charge in [0.25, 0.3) is 5.91 Å². The van der Waals surface area contributed by atoms with Gasteiger partial charge in [-0.1, -0.05) is 13.0 Å². The molecule has 4 rings (SSSR count). The number of thiophene rings is 1. The summed E-state index contributed by atoms with van der Waals surface area (Å²) in [7, 11) is 2.07. The lowest BCUT2D eigenvalue weighted by atomic mass is 10.0. The molecule has 0 atom stereocenters. The van der Waals surface area contributed by atoms with Crippen LogP contribution in [0.1, 0.15) is 63.2 Å². The number of esters is 1. The van der Waals surface area contributed by atoms with Crippen LogP contribution in [0.3, 0.4) is 0 Å². The molecule has 0 spiro atoms. The third-order valence-electron chi connectivity index (χ3n) is 6.27. The first kappa shape index (κ1) is 22.6. The zero-order valence-electron chi connectivity index (χ0n) is 19.5. The fourth-order valence-electron chi connectivity index (χ4n) is 4.61. The number of rotatable bonds is 6. The quantitative estimate of drug-likeness (QED) is 0.533. The van der Waals surface area contributed by atoms with Crippen molar-refractivity contribution in [3.8, 4) is 0 Å². The number of amides is 1. The molecule has 0 saturated heterocycles. The Kier molecular flexibility index (Phi) is 6.40. The van der Waals surface area contributed by atoms with Crippen LogP contribution >= 0.6 is 11.3 Å². The minimum atomic E-state index is -0.356. The maximum Gasteiger partial charge on any atom is 0.341 e. The Labute approximate surface area is 193 Å². The van der Waals surface area contributed by atoms with Crippen LogP contribution in [0.4, 0.5) is 5.00 Å². The van der Waals surface area contributed by atoms with Crippen LogP contribution in [0.2, 0.25) is 0 Å². The third kappa shape index (κ3) is 3.84. The summed E-state index contributed by atoms with van der Waals surface area (Å²) in [5.74, 6) is -0.540. The second-order valence-electron chi connectivity index (χ2n) is 8.29. The molecule has 1 aliphatic rings. The molecule has 0 bridgehead atoms. The first-order chi connectivity index (χ1) is 15.4. The van der Waals surface area contributed by atoms with Crippen molar-refractivity contribution in [2.24, 2.45) is 0 Å². The van der Waals surface area contributed by atoms with Gasteiger partial charge in [0, 0.05) is 35.4 Å². The molecule has 1 aromatic carbocycles. The maximum absolute atomic E-state index is 13.6. The van der Waals surface area contributed by atoms with Crippen molar-refractivity contribution >= 4 is 39.1 Å². The molecule has 7 heteroatoms. The Morgan fingerprint density at radius 2 is 2.00 bits per heavy atom. The van der Waals surface area contributed by atoms with E-state index in [1.807, 2.05) is 13.8 Å². The van der Waals surface area contributed by atoms with Crippen LogP contribution in [0, 0.1) is 6.92 Å². The number of nitrogens with zero attached hydrogens (tertiary/aromatic N) is 2. The van der Waals surface area contributed by atoms with Crippen molar-refractivity contribution in [1.82, 2.24) is 9.47 Å². The van der Waals surface area contributed by atoms with Crippen LogP contribution in [0.15, 0.2) is 18.2 Å². The Bertz CT molecular complexity index is 1190. The predicted octanol–water partition coefficient (Wildman–Crippen LogP) is 5.01. The molecule has 1 aliphatic heterocycles. The third-order valence-corrected chi connectivity index (χ3v) is 7.41. The minimum absolute atomic E-state index is 0.184. The molecule has 1 amide bonds. The molecule has 0 aliphatic carbocycles. The largest absolute Gasteiger partial charge is 0.462 e. The van der Waals surface area contributed by atoms with Gasteiger partial charge in [0.15, 0.2) is 0 Å². The predicted molar refractivity (Wildman–Crippen MR) is 130 cm³/mol. The van der Waals surface area contributed by atoms with Crippen molar-refractivity contribution in [3.63, 3.8) is 0 Å². The highest BCUT2D eigenvalue weighted by molar-refractivity contribution is 7.17. The Morgan fingerprint density at radius 1 is 1.22 bits per heavy atom. The molecule has 1 N–H and O–H groups in total. The lowest BCUT2D eigenvalue weighted by molar-refractivity contribution is 0.0526. The molecule has 170 valence electrons. The summed E-state index contributed by atoms with van der Waals surface area (Å²) < 4.78 is 7.41. The number of fused-ring (bicyclic) bond motifs is 2. The molecule has 0 saturated carbocycles. The highest BCUT2D eigenvalue weighted by atomic mass is 32.1. The number of anilines is 1. The van der Waals surface area contributed by atoms with Crippen molar-refractivity contribution in [1.29, 1.82) is 0 Å². The summed E-state index contributed by atoms with van der Waals surface area (Å²) in [6.07, 6.45) is 1.73. The number of carbonyl (C=O) groups excluding carboxylic acids is 2. The number of likely N-dealkylation sites (N-methyl/N-ethyl adjacent to an activating group) is 1. The van der Waals surface area contributed by atoms with Crippen molar-refractivity contribution in [3.05, 3.63) is 51.0 Å². The normalized spacial score (nSPS) is 13.9. The van der Waals surface area contributed by atoms with Gasteiger partial charge < -0.3 is 19.5 Å². The van der Waals surface area contributed by atoms with E-state index in [0.29, 0.717) is 29.4 Å².